The maximum atomic E-state index is 15.2. The van der Waals surface area contributed by atoms with Gasteiger partial charge in [-0.1, -0.05) is 60.7 Å². The predicted octanol–water partition coefficient (Wildman–Crippen LogP) is 5.83. The van der Waals surface area contributed by atoms with Crippen molar-refractivity contribution in [2.24, 2.45) is 0 Å². The number of piperazine rings is 1. The summed E-state index contributed by atoms with van der Waals surface area (Å²) in [5.41, 5.74) is 3.36. The minimum Gasteiger partial charge on any atom is -0.497 e. The lowest BCUT2D eigenvalue weighted by atomic mass is 9.98. The van der Waals surface area contributed by atoms with Crippen molar-refractivity contribution < 1.29 is 23.9 Å². The van der Waals surface area contributed by atoms with Gasteiger partial charge in [-0.3, -0.25) is 13.9 Å². The minimum atomic E-state index is -0.902. The van der Waals surface area contributed by atoms with E-state index in [1.54, 1.807) is 44.2 Å². The van der Waals surface area contributed by atoms with Gasteiger partial charge in [0.15, 0.2) is 0 Å². The van der Waals surface area contributed by atoms with Crippen LogP contribution in [0.5, 0.6) is 5.75 Å². The average molecular weight is 678 g/mol. The molecule has 3 heterocycles. The topological polar surface area (TPSA) is 106 Å². The quantitative estimate of drug-likeness (QED) is 0.138. The third kappa shape index (κ3) is 7.18. The lowest BCUT2D eigenvalue weighted by Gasteiger charge is -2.34. The standard InChI is InChI=1S/C38H39N5O5S/c1-4-48-38(46)31-16-11-19-40-35(31)49-43(26(2)36(44)41-22-20-39-21-23-41)37(45)33-25-29-24-30(47-3)17-18-32(29)42(33)34(27-12-7-5-8-13-27)28-14-9-6-10-15-28/h5-19,24-26,34,39H,4,20-23H2,1-3H3/t26-/m1/s1. The molecule has 6 rings (SSSR count). The van der Waals surface area contributed by atoms with E-state index >= 15 is 4.79 Å². The Morgan fingerprint density at radius 3 is 2.22 bits per heavy atom. The van der Waals surface area contributed by atoms with E-state index in [-0.39, 0.29) is 29.1 Å². The number of methoxy groups -OCH3 is 1. The number of ether oxygens (including phenoxy) is 2. The third-order valence-corrected chi connectivity index (χ3v) is 9.72. The van der Waals surface area contributed by atoms with E-state index in [0.29, 0.717) is 37.6 Å². The molecule has 3 aromatic carbocycles. The van der Waals surface area contributed by atoms with Crippen LogP contribution in [0.15, 0.2) is 108 Å². The molecule has 11 heteroatoms. The summed E-state index contributed by atoms with van der Waals surface area (Å²) in [5, 5.41) is 4.35. The molecule has 0 aliphatic carbocycles. The van der Waals surface area contributed by atoms with Crippen molar-refractivity contribution >= 4 is 40.6 Å². The smallest absolute Gasteiger partial charge is 0.340 e. The summed E-state index contributed by atoms with van der Waals surface area (Å²) in [5.74, 6) is -0.502. The zero-order chi connectivity index (χ0) is 34.3. The highest BCUT2D eigenvalue weighted by Gasteiger charge is 2.36. The Kier molecular flexibility index (Phi) is 10.6. The fourth-order valence-corrected chi connectivity index (χ4v) is 7.09. The largest absolute Gasteiger partial charge is 0.497 e. The highest BCUT2D eigenvalue weighted by molar-refractivity contribution is 7.97. The van der Waals surface area contributed by atoms with E-state index in [1.807, 2.05) is 89.5 Å². The first-order chi connectivity index (χ1) is 23.9. The molecule has 0 bridgehead atoms. The molecule has 0 unspecified atom stereocenters. The summed E-state index contributed by atoms with van der Waals surface area (Å²) in [7, 11) is 1.61. The van der Waals surface area contributed by atoms with Crippen molar-refractivity contribution in [3.05, 3.63) is 126 Å². The molecule has 1 fully saturated rings. The molecular weight excluding hydrogens is 639 g/mol. The van der Waals surface area contributed by atoms with Crippen LogP contribution in [0.4, 0.5) is 0 Å². The van der Waals surface area contributed by atoms with E-state index in [9.17, 15) is 9.59 Å². The monoisotopic (exact) mass is 677 g/mol. The minimum absolute atomic E-state index is 0.183. The zero-order valence-corrected chi connectivity index (χ0v) is 28.6. The molecule has 0 radical (unpaired) electrons. The fraction of sp³-hybridized carbons (Fsp3) is 0.263. The number of rotatable bonds is 11. The first kappa shape index (κ1) is 33.8. The van der Waals surface area contributed by atoms with Crippen LogP contribution in [-0.2, 0) is 9.53 Å². The molecule has 1 atom stereocenters. The first-order valence-electron chi connectivity index (χ1n) is 16.3. The number of esters is 1. The number of carbonyl (C=O) groups excluding carboxylic acids is 3. The molecule has 49 heavy (non-hydrogen) atoms. The molecule has 1 aliphatic heterocycles. The molecule has 1 saturated heterocycles. The van der Waals surface area contributed by atoms with Gasteiger partial charge in [-0.15, -0.1) is 0 Å². The average Bonchev–Trinajstić information content (AvgIpc) is 3.52. The van der Waals surface area contributed by atoms with Crippen molar-refractivity contribution in [3.63, 3.8) is 0 Å². The Balaban J connectivity index is 1.54. The second kappa shape index (κ2) is 15.4. The zero-order valence-electron chi connectivity index (χ0n) is 27.7. The third-order valence-electron chi connectivity index (χ3n) is 8.54. The van der Waals surface area contributed by atoms with Crippen molar-refractivity contribution in [1.82, 2.24) is 24.1 Å². The number of nitrogens with zero attached hydrogens (tertiary/aromatic N) is 4. The second-order valence-electron chi connectivity index (χ2n) is 11.6. The summed E-state index contributed by atoms with van der Waals surface area (Å²) < 4.78 is 14.4. The van der Waals surface area contributed by atoms with Crippen LogP contribution in [0.25, 0.3) is 10.9 Å². The highest BCUT2D eigenvalue weighted by Crippen LogP contribution is 2.37. The fourth-order valence-electron chi connectivity index (χ4n) is 6.13. The van der Waals surface area contributed by atoms with Gasteiger partial charge in [-0.25, -0.2) is 9.78 Å². The molecular formula is C38H39N5O5S. The van der Waals surface area contributed by atoms with Crippen LogP contribution in [0, 0.1) is 0 Å². The number of benzene rings is 3. The Hall–Kier alpha value is -5.13. The van der Waals surface area contributed by atoms with Crippen LogP contribution >= 0.6 is 11.9 Å². The highest BCUT2D eigenvalue weighted by atomic mass is 32.2. The van der Waals surface area contributed by atoms with Gasteiger partial charge in [-0.2, -0.15) is 0 Å². The Morgan fingerprint density at radius 1 is 0.918 bits per heavy atom. The van der Waals surface area contributed by atoms with Gasteiger partial charge in [0, 0.05) is 55.2 Å². The normalized spacial score (nSPS) is 13.7. The van der Waals surface area contributed by atoms with Gasteiger partial charge in [0.1, 0.15) is 22.5 Å². The van der Waals surface area contributed by atoms with Gasteiger partial charge in [0.25, 0.3) is 5.91 Å². The summed E-state index contributed by atoms with van der Waals surface area (Å²) in [6, 6.07) is 29.6. The molecule has 5 aromatic rings. The molecule has 0 spiro atoms. The number of pyridine rings is 1. The SMILES string of the molecule is CCOC(=O)c1cccnc1SN(C(=O)c1cc2cc(OC)ccc2n1C(c1ccccc1)c1ccccc1)[C@H](C)C(=O)N1CCNCC1. The van der Waals surface area contributed by atoms with Gasteiger partial charge in [0.2, 0.25) is 5.91 Å². The van der Waals surface area contributed by atoms with E-state index in [1.165, 1.54) is 4.31 Å². The van der Waals surface area contributed by atoms with Gasteiger partial charge in [-0.05, 0) is 61.4 Å². The van der Waals surface area contributed by atoms with E-state index < -0.39 is 17.9 Å². The van der Waals surface area contributed by atoms with Crippen molar-refractivity contribution in [2.75, 3.05) is 39.9 Å². The Bertz CT molecular complexity index is 1890. The van der Waals surface area contributed by atoms with Crippen molar-refractivity contribution in [1.29, 1.82) is 0 Å². The summed E-state index contributed by atoms with van der Waals surface area (Å²) in [6.07, 6.45) is 1.56. The lowest BCUT2D eigenvalue weighted by molar-refractivity contribution is -0.134. The van der Waals surface area contributed by atoms with Crippen LogP contribution in [-0.4, -0.2) is 82.5 Å². The maximum absolute atomic E-state index is 15.2. The second-order valence-corrected chi connectivity index (χ2v) is 12.6. The maximum Gasteiger partial charge on any atom is 0.340 e. The number of nitrogens with one attached hydrogen (secondary N) is 1. The number of fused-ring (bicyclic) bond motifs is 1. The molecule has 10 nitrogen and oxygen atoms in total. The summed E-state index contributed by atoms with van der Waals surface area (Å²) in [6.45, 7) is 6.02. The van der Waals surface area contributed by atoms with Crippen molar-refractivity contribution in [2.45, 2.75) is 31.0 Å². The first-order valence-corrected chi connectivity index (χ1v) is 17.1. The van der Waals surface area contributed by atoms with E-state index in [0.717, 1.165) is 34.0 Å². The van der Waals surface area contributed by atoms with Gasteiger partial charge in [0.05, 0.1) is 25.3 Å². The molecule has 2 amide bonds. The Labute approximate surface area is 290 Å². The lowest BCUT2D eigenvalue weighted by Crippen LogP contribution is -2.53. The Morgan fingerprint density at radius 2 is 1.59 bits per heavy atom. The van der Waals surface area contributed by atoms with Gasteiger partial charge < -0.3 is 24.3 Å². The molecule has 2 aromatic heterocycles. The van der Waals surface area contributed by atoms with E-state index in [2.05, 4.69) is 10.3 Å². The molecule has 252 valence electrons. The summed E-state index contributed by atoms with van der Waals surface area (Å²) >= 11 is 0.973. The van der Waals surface area contributed by atoms with Crippen LogP contribution in [0.1, 0.15) is 51.9 Å². The number of hydrogen-bond donors (Lipinski definition) is 1. The van der Waals surface area contributed by atoms with Crippen LogP contribution in [0.3, 0.4) is 0 Å². The van der Waals surface area contributed by atoms with E-state index in [4.69, 9.17) is 9.47 Å². The molecule has 0 saturated carbocycles. The number of amides is 2. The van der Waals surface area contributed by atoms with Crippen LogP contribution in [0.2, 0.25) is 0 Å². The molecule has 1 aliphatic rings. The van der Waals surface area contributed by atoms with Crippen molar-refractivity contribution in [3.8, 4) is 5.75 Å². The molecule has 1 N–H and O–H groups in total. The number of aromatic nitrogens is 2. The number of carbonyl (C=O) groups is 3. The predicted molar refractivity (Wildman–Crippen MR) is 190 cm³/mol. The number of hydrogen-bond acceptors (Lipinski definition) is 8. The summed E-state index contributed by atoms with van der Waals surface area (Å²) in [4.78, 5) is 48.5. The van der Waals surface area contributed by atoms with Crippen LogP contribution < -0.4 is 10.1 Å². The van der Waals surface area contributed by atoms with Gasteiger partial charge >= 0.3 is 5.97 Å².